The van der Waals surface area contributed by atoms with Gasteiger partial charge in [0.2, 0.25) is 0 Å². The van der Waals surface area contributed by atoms with E-state index in [0.29, 0.717) is 18.8 Å². The van der Waals surface area contributed by atoms with Crippen LogP contribution in [0, 0.1) is 0 Å². The van der Waals surface area contributed by atoms with E-state index in [1.54, 1.807) is 29.0 Å². The number of amides is 1. The van der Waals surface area contributed by atoms with Crippen molar-refractivity contribution in [3.05, 3.63) is 66.2 Å². The number of aliphatic hydroxyl groups is 1. The van der Waals surface area contributed by atoms with Gasteiger partial charge in [-0.3, -0.25) is 4.79 Å². The highest BCUT2D eigenvalue weighted by Gasteiger charge is 2.32. The van der Waals surface area contributed by atoms with Crippen molar-refractivity contribution >= 4 is 16.7 Å². The Morgan fingerprint density at radius 1 is 1.20 bits per heavy atom. The molecular weight excluding hydrogens is 314 g/mol. The van der Waals surface area contributed by atoms with Crippen LogP contribution in [0.2, 0.25) is 0 Å². The third-order valence-corrected chi connectivity index (χ3v) is 5.11. The molecule has 2 heterocycles. The first-order valence-electron chi connectivity index (χ1n) is 8.56. The van der Waals surface area contributed by atoms with Crippen molar-refractivity contribution in [1.82, 2.24) is 14.5 Å². The van der Waals surface area contributed by atoms with Crippen LogP contribution in [0.5, 0.6) is 0 Å². The zero-order chi connectivity index (χ0) is 17.4. The number of piperidine rings is 1. The zero-order valence-corrected chi connectivity index (χ0v) is 14.2. The quantitative estimate of drug-likeness (QED) is 0.783. The molecule has 4 rings (SSSR count). The summed E-state index contributed by atoms with van der Waals surface area (Å²) in [6, 6.07) is 14.6. The molecule has 1 fully saturated rings. The fraction of sp³-hybridized carbons (Fsp3) is 0.300. The van der Waals surface area contributed by atoms with Crippen molar-refractivity contribution in [3.63, 3.8) is 0 Å². The SMILES string of the molecule is Cn1cncc1C(=O)N1CC[C@@H](c2ccc3ccccc3c2)[C@H](O)C1. The molecule has 1 saturated heterocycles. The van der Waals surface area contributed by atoms with E-state index in [4.69, 9.17) is 0 Å². The van der Waals surface area contributed by atoms with Crippen molar-refractivity contribution in [3.8, 4) is 0 Å². The van der Waals surface area contributed by atoms with E-state index in [1.807, 2.05) is 12.1 Å². The van der Waals surface area contributed by atoms with Crippen LogP contribution < -0.4 is 0 Å². The summed E-state index contributed by atoms with van der Waals surface area (Å²) in [5.74, 6) is -0.0174. The Balaban J connectivity index is 1.53. The maximum Gasteiger partial charge on any atom is 0.272 e. The number of carbonyl (C=O) groups excluding carboxylic acids is 1. The highest BCUT2D eigenvalue weighted by atomic mass is 16.3. The van der Waals surface area contributed by atoms with Gasteiger partial charge < -0.3 is 14.6 Å². The first kappa shape index (κ1) is 15.8. The molecule has 5 heteroatoms. The molecule has 1 amide bonds. The van der Waals surface area contributed by atoms with Crippen LogP contribution in [0.15, 0.2) is 55.0 Å². The Bertz CT molecular complexity index is 918. The summed E-state index contributed by atoms with van der Waals surface area (Å²) < 4.78 is 1.71. The summed E-state index contributed by atoms with van der Waals surface area (Å²) in [6.45, 7) is 0.986. The fourth-order valence-electron chi connectivity index (χ4n) is 3.67. The number of fused-ring (bicyclic) bond motifs is 1. The number of β-amino-alcohol motifs (C(OH)–C–C–N with tert-alkyl or cyclic N) is 1. The maximum atomic E-state index is 12.6. The lowest BCUT2D eigenvalue weighted by atomic mass is 9.86. The molecule has 1 aliphatic heterocycles. The third kappa shape index (κ3) is 2.91. The normalized spacial score (nSPS) is 20.8. The average molecular weight is 335 g/mol. The summed E-state index contributed by atoms with van der Waals surface area (Å²) in [7, 11) is 1.80. The lowest BCUT2D eigenvalue weighted by Gasteiger charge is -2.36. The molecule has 0 unspecified atom stereocenters. The van der Waals surface area contributed by atoms with Crippen molar-refractivity contribution in [2.24, 2.45) is 7.05 Å². The molecule has 1 aliphatic rings. The minimum Gasteiger partial charge on any atom is -0.391 e. The Morgan fingerprint density at radius 3 is 2.72 bits per heavy atom. The molecule has 0 spiro atoms. The second-order valence-electron chi connectivity index (χ2n) is 6.71. The van der Waals surface area contributed by atoms with Crippen molar-refractivity contribution < 1.29 is 9.90 Å². The number of hydrogen-bond donors (Lipinski definition) is 1. The first-order valence-corrected chi connectivity index (χ1v) is 8.56. The molecule has 3 aromatic rings. The number of imidazole rings is 1. The summed E-state index contributed by atoms with van der Waals surface area (Å²) in [5.41, 5.74) is 1.69. The van der Waals surface area contributed by atoms with Crippen molar-refractivity contribution in [2.45, 2.75) is 18.4 Å². The van der Waals surface area contributed by atoms with E-state index in [9.17, 15) is 9.90 Å². The monoisotopic (exact) mass is 335 g/mol. The average Bonchev–Trinajstić information content (AvgIpc) is 3.06. The minimum atomic E-state index is -0.563. The molecule has 5 nitrogen and oxygen atoms in total. The van der Waals surface area contributed by atoms with Crippen LogP contribution in [0.1, 0.15) is 28.4 Å². The van der Waals surface area contributed by atoms with E-state index >= 15 is 0 Å². The number of benzene rings is 2. The predicted octanol–water partition coefficient (Wildman–Crippen LogP) is 2.56. The predicted molar refractivity (Wildman–Crippen MR) is 96.4 cm³/mol. The van der Waals surface area contributed by atoms with Crippen LogP contribution in [0.3, 0.4) is 0 Å². The van der Waals surface area contributed by atoms with Crippen molar-refractivity contribution in [2.75, 3.05) is 13.1 Å². The highest BCUT2D eigenvalue weighted by Crippen LogP contribution is 2.31. The summed E-state index contributed by atoms with van der Waals surface area (Å²) in [4.78, 5) is 18.3. The van der Waals surface area contributed by atoms with Gasteiger partial charge in [-0.05, 0) is 22.8 Å². The largest absolute Gasteiger partial charge is 0.391 e. The van der Waals surface area contributed by atoms with Gasteiger partial charge in [-0.2, -0.15) is 0 Å². The summed E-state index contributed by atoms with van der Waals surface area (Å²) in [6.07, 6.45) is 3.38. The zero-order valence-electron chi connectivity index (χ0n) is 14.2. The molecule has 0 saturated carbocycles. The molecule has 2 aromatic carbocycles. The van der Waals surface area contributed by atoms with Crippen LogP contribution in [0.25, 0.3) is 10.8 Å². The maximum absolute atomic E-state index is 12.6. The smallest absolute Gasteiger partial charge is 0.272 e. The second kappa shape index (κ2) is 6.33. The Labute approximate surface area is 146 Å². The van der Waals surface area contributed by atoms with E-state index in [0.717, 1.165) is 12.0 Å². The van der Waals surface area contributed by atoms with Gasteiger partial charge in [0.1, 0.15) is 5.69 Å². The molecule has 2 atom stereocenters. The van der Waals surface area contributed by atoms with Gasteiger partial charge in [-0.25, -0.2) is 4.98 Å². The second-order valence-corrected chi connectivity index (χ2v) is 6.71. The Hall–Kier alpha value is -2.66. The van der Waals surface area contributed by atoms with Gasteiger partial charge in [0, 0.05) is 26.1 Å². The van der Waals surface area contributed by atoms with Gasteiger partial charge in [0.15, 0.2) is 0 Å². The number of rotatable bonds is 2. The number of nitrogens with zero attached hydrogens (tertiary/aromatic N) is 3. The summed E-state index contributed by atoms with van der Waals surface area (Å²) >= 11 is 0. The van der Waals surface area contributed by atoms with Gasteiger partial charge in [-0.1, -0.05) is 42.5 Å². The molecule has 25 heavy (non-hydrogen) atoms. The van der Waals surface area contributed by atoms with E-state index < -0.39 is 6.10 Å². The number of carbonyl (C=O) groups is 1. The lowest BCUT2D eigenvalue weighted by molar-refractivity contribution is 0.0375. The van der Waals surface area contributed by atoms with Crippen LogP contribution in [0.4, 0.5) is 0 Å². The van der Waals surface area contributed by atoms with Gasteiger partial charge >= 0.3 is 0 Å². The molecule has 0 aliphatic carbocycles. The highest BCUT2D eigenvalue weighted by molar-refractivity contribution is 5.92. The lowest BCUT2D eigenvalue weighted by Crippen LogP contribution is -2.46. The standard InChI is InChI=1S/C20H21N3O2/c1-22-13-21-11-18(22)20(25)23-9-8-17(19(24)12-23)16-7-6-14-4-2-3-5-15(14)10-16/h2-7,10-11,13,17,19,24H,8-9,12H2,1H3/t17-,19+/m0/s1. The van der Waals surface area contributed by atoms with Gasteiger partial charge in [0.25, 0.3) is 5.91 Å². The number of hydrogen-bond acceptors (Lipinski definition) is 3. The third-order valence-electron chi connectivity index (χ3n) is 5.11. The number of likely N-dealkylation sites (tertiary alicyclic amines) is 1. The Morgan fingerprint density at radius 2 is 2.00 bits per heavy atom. The number of aliphatic hydroxyl groups excluding tert-OH is 1. The van der Waals surface area contributed by atoms with E-state index in [2.05, 4.69) is 35.3 Å². The molecule has 1 aromatic heterocycles. The molecule has 0 bridgehead atoms. The van der Waals surface area contributed by atoms with E-state index in [1.165, 1.54) is 10.8 Å². The van der Waals surface area contributed by atoms with Crippen LogP contribution in [-0.4, -0.2) is 44.7 Å². The van der Waals surface area contributed by atoms with Gasteiger partial charge in [-0.15, -0.1) is 0 Å². The summed E-state index contributed by atoms with van der Waals surface area (Å²) in [5, 5.41) is 13.0. The number of aromatic nitrogens is 2. The Kier molecular flexibility index (Phi) is 4.01. The van der Waals surface area contributed by atoms with Crippen molar-refractivity contribution in [1.29, 1.82) is 0 Å². The van der Waals surface area contributed by atoms with E-state index in [-0.39, 0.29) is 11.8 Å². The topological polar surface area (TPSA) is 58.4 Å². The first-order chi connectivity index (χ1) is 12.1. The molecular formula is C20H21N3O2. The van der Waals surface area contributed by atoms with Crippen LogP contribution >= 0.6 is 0 Å². The fourth-order valence-corrected chi connectivity index (χ4v) is 3.67. The molecule has 128 valence electrons. The number of aryl methyl sites for hydroxylation is 1. The van der Waals surface area contributed by atoms with Crippen LogP contribution in [-0.2, 0) is 7.05 Å². The van der Waals surface area contributed by atoms with Gasteiger partial charge in [0.05, 0.1) is 18.6 Å². The minimum absolute atomic E-state index is 0.0557. The molecule has 0 radical (unpaired) electrons. The molecule has 1 N–H and O–H groups in total.